The number of carbonyl (C=O) groups is 2. The molecule has 0 aliphatic carbocycles. The van der Waals surface area contributed by atoms with Gasteiger partial charge in [-0.15, -0.1) is 0 Å². The van der Waals surface area contributed by atoms with Gasteiger partial charge in [0, 0.05) is 13.1 Å². The van der Waals surface area contributed by atoms with E-state index in [0.29, 0.717) is 5.69 Å². The number of urea groups is 1. The first kappa shape index (κ1) is 9.51. The second-order valence-corrected chi connectivity index (χ2v) is 3.39. The number of aromatic hydroxyl groups is 1. The van der Waals surface area contributed by atoms with Crippen LogP contribution in [-0.4, -0.2) is 35.5 Å². The molecule has 15 heavy (non-hydrogen) atoms. The minimum Gasteiger partial charge on any atom is -0.508 e. The maximum Gasteiger partial charge on any atom is 0.331 e. The number of hydrogen-bond acceptors (Lipinski definition) is 3. The number of imide groups is 1. The van der Waals surface area contributed by atoms with Crippen molar-refractivity contribution in [2.75, 3.05) is 18.5 Å². The lowest BCUT2D eigenvalue weighted by atomic mass is 10.3. The van der Waals surface area contributed by atoms with E-state index in [4.69, 9.17) is 0 Å². The van der Waals surface area contributed by atoms with Gasteiger partial charge in [0.05, 0.1) is 5.69 Å². The fourth-order valence-electron chi connectivity index (χ4n) is 1.51. The number of rotatable bonds is 1. The van der Waals surface area contributed by atoms with Crippen LogP contribution in [0.5, 0.6) is 5.75 Å². The number of phenols is 1. The predicted octanol–water partition coefficient (Wildman–Crippen LogP) is 0.791. The summed E-state index contributed by atoms with van der Waals surface area (Å²) in [5, 5.41) is 9.25. The quantitative estimate of drug-likeness (QED) is 0.691. The van der Waals surface area contributed by atoms with E-state index in [1.54, 1.807) is 19.2 Å². The highest BCUT2D eigenvalue weighted by atomic mass is 16.3. The molecule has 0 aromatic heterocycles. The molecule has 5 heteroatoms. The summed E-state index contributed by atoms with van der Waals surface area (Å²) in [7, 11) is 1.56. The minimum atomic E-state index is -0.370. The molecule has 2 rings (SSSR count). The molecule has 5 nitrogen and oxygen atoms in total. The molecule has 1 aliphatic rings. The van der Waals surface area contributed by atoms with E-state index in [1.807, 2.05) is 0 Å². The molecular weight excluding hydrogens is 196 g/mol. The highest BCUT2D eigenvalue weighted by Crippen LogP contribution is 2.23. The van der Waals surface area contributed by atoms with Gasteiger partial charge in [0.1, 0.15) is 12.3 Å². The molecule has 1 heterocycles. The normalized spacial score (nSPS) is 16.3. The van der Waals surface area contributed by atoms with Crippen molar-refractivity contribution >= 4 is 17.6 Å². The summed E-state index contributed by atoms with van der Waals surface area (Å²) in [6.07, 6.45) is 0. The van der Waals surface area contributed by atoms with Gasteiger partial charge in [-0.25, -0.2) is 9.69 Å². The lowest BCUT2D eigenvalue weighted by Crippen LogP contribution is -2.31. The van der Waals surface area contributed by atoms with Crippen LogP contribution in [0, 0.1) is 0 Å². The average Bonchev–Trinajstić information content (AvgIpc) is 2.41. The molecule has 0 bridgehead atoms. The largest absolute Gasteiger partial charge is 0.508 e. The number of hydrogen-bond donors (Lipinski definition) is 1. The number of phenolic OH excluding ortho intramolecular Hbond substituents is 1. The maximum atomic E-state index is 11.6. The van der Waals surface area contributed by atoms with Crippen molar-refractivity contribution in [2.24, 2.45) is 0 Å². The smallest absolute Gasteiger partial charge is 0.331 e. The van der Waals surface area contributed by atoms with E-state index in [0.717, 1.165) is 4.90 Å². The van der Waals surface area contributed by atoms with Gasteiger partial charge in [-0.05, 0) is 12.1 Å². The molecule has 1 aromatic rings. The van der Waals surface area contributed by atoms with Gasteiger partial charge in [-0.1, -0.05) is 6.07 Å². The van der Waals surface area contributed by atoms with Gasteiger partial charge in [0.15, 0.2) is 0 Å². The lowest BCUT2D eigenvalue weighted by Gasteiger charge is -2.13. The number of anilines is 1. The van der Waals surface area contributed by atoms with E-state index >= 15 is 0 Å². The molecule has 1 saturated heterocycles. The fourth-order valence-corrected chi connectivity index (χ4v) is 1.51. The van der Waals surface area contributed by atoms with E-state index in [9.17, 15) is 14.7 Å². The van der Waals surface area contributed by atoms with Gasteiger partial charge in [0.2, 0.25) is 0 Å². The zero-order chi connectivity index (χ0) is 11.0. The van der Waals surface area contributed by atoms with Crippen LogP contribution in [0.3, 0.4) is 0 Å². The second kappa shape index (κ2) is 3.27. The third-order valence-electron chi connectivity index (χ3n) is 2.23. The van der Waals surface area contributed by atoms with Crippen LogP contribution in [0.1, 0.15) is 0 Å². The van der Waals surface area contributed by atoms with Crippen LogP contribution >= 0.6 is 0 Å². The lowest BCUT2D eigenvalue weighted by molar-refractivity contribution is -0.116. The Balaban J connectivity index is 2.39. The van der Waals surface area contributed by atoms with E-state index in [2.05, 4.69) is 0 Å². The Morgan fingerprint density at radius 2 is 2.07 bits per heavy atom. The van der Waals surface area contributed by atoms with Crippen LogP contribution in [0.4, 0.5) is 10.5 Å². The SMILES string of the molecule is CN1CC(=O)N(c2cccc(O)c2)C1=O. The molecule has 0 spiro atoms. The highest BCUT2D eigenvalue weighted by molar-refractivity contribution is 6.19. The summed E-state index contributed by atoms with van der Waals surface area (Å²) in [6.45, 7) is 0.0779. The van der Waals surface area contributed by atoms with Gasteiger partial charge in [0.25, 0.3) is 5.91 Å². The first-order chi connectivity index (χ1) is 7.09. The van der Waals surface area contributed by atoms with Gasteiger partial charge in [-0.3, -0.25) is 4.79 Å². The second-order valence-electron chi connectivity index (χ2n) is 3.39. The van der Waals surface area contributed by atoms with Crippen molar-refractivity contribution < 1.29 is 14.7 Å². The molecule has 1 N–H and O–H groups in total. The minimum absolute atomic E-state index is 0.0302. The maximum absolute atomic E-state index is 11.6. The predicted molar refractivity (Wildman–Crippen MR) is 53.6 cm³/mol. The number of carbonyl (C=O) groups excluding carboxylic acids is 2. The summed E-state index contributed by atoms with van der Waals surface area (Å²) in [6, 6.07) is 5.69. The fraction of sp³-hybridized carbons (Fsp3) is 0.200. The molecule has 0 unspecified atom stereocenters. The van der Waals surface area contributed by atoms with Crippen LogP contribution in [0.2, 0.25) is 0 Å². The monoisotopic (exact) mass is 206 g/mol. The van der Waals surface area contributed by atoms with Crippen LogP contribution < -0.4 is 4.90 Å². The Bertz CT molecular complexity index is 430. The molecule has 0 saturated carbocycles. The highest BCUT2D eigenvalue weighted by Gasteiger charge is 2.34. The standard InChI is InChI=1S/C10H10N2O3/c1-11-6-9(14)12(10(11)15)7-3-2-4-8(13)5-7/h2-5,13H,6H2,1H3. The number of amides is 3. The topological polar surface area (TPSA) is 60.9 Å². The Morgan fingerprint density at radius 1 is 1.33 bits per heavy atom. The number of nitrogens with zero attached hydrogens (tertiary/aromatic N) is 2. The molecule has 1 aliphatic heterocycles. The van der Waals surface area contributed by atoms with Crippen LogP contribution in [-0.2, 0) is 4.79 Å². The van der Waals surface area contributed by atoms with Gasteiger partial charge < -0.3 is 10.0 Å². The van der Waals surface area contributed by atoms with Crippen molar-refractivity contribution in [3.05, 3.63) is 24.3 Å². The third-order valence-corrected chi connectivity index (χ3v) is 2.23. The first-order valence-corrected chi connectivity index (χ1v) is 4.46. The summed E-state index contributed by atoms with van der Waals surface area (Å²) in [5.74, 6) is -0.254. The summed E-state index contributed by atoms with van der Waals surface area (Å²) in [4.78, 5) is 25.4. The van der Waals surface area contributed by atoms with Crippen LogP contribution in [0.25, 0.3) is 0 Å². The van der Waals surface area contributed by atoms with E-state index < -0.39 is 0 Å². The average molecular weight is 206 g/mol. The van der Waals surface area contributed by atoms with Crippen LogP contribution in [0.15, 0.2) is 24.3 Å². The molecule has 1 aromatic carbocycles. The molecule has 0 radical (unpaired) electrons. The number of likely N-dealkylation sites (N-methyl/N-ethyl adjacent to an activating group) is 1. The molecular formula is C10H10N2O3. The molecule has 3 amide bonds. The first-order valence-electron chi connectivity index (χ1n) is 4.46. The van der Waals surface area contributed by atoms with Gasteiger partial charge in [-0.2, -0.15) is 0 Å². The Labute approximate surface area is 86.5 Å². The molecule has 0 atom stereocenters. The Hall–Kier alpha value is -2.04. The van der Waals surface area contributed by atoms with Gasteiger partial charge >= 0.3 is 6.03 Å². The van der Waals surface area contributed by atoms with E-state index in [1.165, 1.54) is 17.0 Å². The number of benzene rings is 1. The van der Waals surface area contributed by atoms with Crippen molar-refractivity contribution in [1.29, 1.82) is 0 Å². The summed E-state index contributed by atoms with van der Waals surface area (Å²) < 4.78 is 0. The third kappa shape index (κ3) is 1.52. The van der Waals surface area contributed by atoms with E-state index in [-0.39, 0.29) is 24.2 Å². The van der Waals surface area contributed by atoms with Crippen molar-refractivity contribution in [3.8, 4) is 5.75 Å². The Kier molecular flexibility index (Phi) is 2.07. The summed E-state index contributed by atoms with van der Waals surface area (Å²) in [5.41, 5.74) is 0.398. The zero-order valence-corrected chi connectivity index (χ0v) is 8.17. The van der Waals surface area contributed by atoms with Crippen molar-refractivity contribution in [3.63, 3.8) is 0 Å². The summed E-state index contributed by atoms with van der Waals surface area (Å²) >= 11 is 0. The molecule has 78 valence electrons. The van der Waals surface area contributed by atoms with Crippen molar-refractivity contribution in [2.45, 2.75) is 0 Å². The zero-order valence-electron chi connectivity index (χ0n) is 8.17. The van der Waals surface area contributed by atoms with Crippen molar-refractivity contribution in [1.82, 2.24) is 4.90 Å². The Morgan fingerprint density at radius 3 is 2.60 bits per heavy atom. The molecule has 1 fully saturated rings.